The Morgan fingerprint density at radius 1 is 0.923 bits per heavy atom. The second kappa shape index (κ2) is 9.36. The van der Waals surface area contributed by atoms with Crippen molar-refractivity contribution < 1.29 is 19.5 Å². The number of carbonyl (C=O) groups excluding carboxylic acids is 2. The number of amides is 2. The number of carboxylic acids is 1. The third kappa shape index (κ3) is 5.73. The summed E-state index contributed by atoms with van der Waals surface area (Å²) in [6.07, 6.45) is 0.0502. The Hall–Kier alpha value is -3.15. The van der Waals surface area contributed by atoms with Gasteiger partial charge in [-0.05, 0) is 17.7 Å². The van der Waals surface area contributed by atoms with Crippen LogP contribution in [0.5, 0.6) is 0 Å². The SMILES string of the molecule is CC(=O)N(CCC(=O)N(CC(=O)O)c1ccccc1)Cc1ccccc1. The fraction of sp³-hybridized carbons (Fsp3) is 0.250. The predicted octanol–water partition coefficient (Wildman–Crippen LogP) is 2.54. The minimum atomic E-state index is -1.09. The van der Waals surface area contributed by atoms with Gasteiger partial charge in [0, 0.05) is 32.1 Å². The maximum absolute atomic E-state index is 12.6. The van der Waals surface area contributed by atoms with Gasteiger partial charge in [-0.3, -0.25) is 14.4 Å². The molecule has 6 nitrogen and oxygen atoms in total. The van der Waals surface area contributed by atoms with E-state index in [9.17, 15) is 14.4 Å². The molecule has 2 aromatic carbocycles. The van der Waals surface area contributed by atoms with Crippen molar-refractivity contribution in [2.75, 3.05) is 18.0 Å². The summed E-state index contributed by atoms with van der Waals surface area (Å²) < 4.78 is 0. The van der Waals surface area contributed by atoms with E-state index in [4.69, 9.17) is 5.11 Å². The van der Waals surface area contributed by atoms with Crippen LogP contribution < -0.4 is 4.90 Å². The molecule has 2 rings (SSSR count). The van der Waals surface area contributed by atoms with E-state index in [-0.39, 0.29) is 24.8 Å². The van der Waals surface area contributed by atoms with E-state index in [1.807, 2.05) is 30.3 Å². The third-order valence-electron chi connectivity index (χ3n) is 3.92. The van der Waals surface area contributed by atoms with Gasteiger partial charge >= 0.3 is 5.97 Å². The van der Waals surface area contributed by atoms with Crippen LogP contribution in [0, 0.1) is 0 Å². The van der Waals surface area contributed by atoms with Gasteiger partial charge in [-0.15, -0.1) is 0 Å². The van der Waals surface area contributed by atoms with E-state index in [0.717, 1.165) is 5.56 Å². The maximum Gasteiger partial charge on any atom is 0.323 e. The Morgan fingerprint density at radius 2 is 1.50 bits per heavy atom. The molecule has 0 aromatic heterocycles. The van der Waals surface area contributed by atoms with Gasteiger partial charge in [0.25, 0.3) is 0 Å². The minimum absolute atomic E-state index is 0.0502. The van der Waals surface area contributed by atoms with Gasteiger partial charge in [0.05, 0.1) is 0 Å². The van der Waals surface area contributed by atoms with Crippen molar-refractivity contribution in [2.45, 2.75) is 19.9 Å². The van der Waals surface area contributed by atoms with Crippen molar-refractivity contribution in [2.24, 2.45) is 0 Å². The van der Waals surface area contributed by atoms with Crippen LogP contribution in [0.15, 0.2) is 60.7 Å². The Bertz CT molecular complexity index is 747. The molecule has 2 amide bonds. The van der Waals surface area contributed by atoms with Crippen molar-refractivity contribution in [3.05, 3.63) is 66.2 Å². The number of anilines is 1. The first-order valence-corrected chi connectivity index (χ1v) is 8.34. The summed E-state index contributed by atoms with van der Waals surface area (Å²) in [6.45, 7) is 1.68. The summed E-state index contributed by atoms with van der Waals surface area (Å²) in [6, 6.07) is 18.2. The Morgan fingerprint density at radius 3 is 2.04 bits per heavy atom. The van der Waals surface area contributed by atoms with E-state index >= 15 is 0 Å². The number of hydrogen-bond donors (Lipinski definition) is 1. The highest BCUT2D eigenvalue weighted by Gasteiger charge is 2.20. The number of nitrogens with zero attached hydrogens (tertiary/aromatic N) is 2. The first-order valence-electron chi connectivity index (χ1n) is 8.34. The van der Waals surface area contributed by atoms with E-state index in [1.165, 1.54) is 11.8 Å². The van der Waals surface area contributed by atoms with Gasteiger partial charge in [-0.2, -0.15) is 0 Å². The molecule has 0 radical (unpaired) electrons. The van der Waals surface area contributed by atoms with E-state index < -0.39 is 12.5 Å². The number of benzene rings is 2. The van der Waals surface area contributed by atoms with Crippen LogP contribution in [-0.2, 0) is 20.9 Å². The predicted molar refractivity (Wildman–Crippen MR) is 98.6 cm³/mol. The van der Waals surface area contributed by atoms with Crippen LogP contribution >= 0.6 is 0 Å². The first kappa shape index (κ1) is 19.2. The van der Waals surface area contributed by atoms with Crippen molar-refractivity contribution in [1.29, 1.82) is 0 Å². The van der Waals surface area contributed by atoms with Crippen molar-refractivity contribution >= 4 is 23.5 Å². The van der Waals surface area contributed by atoms with Crippen LogP contribution in [0.25, 0.3) is 0 Å². The molecule has 0 aliphatic rings. The number of aliphatic carboxylic acids is 1. The fourth-order valence-corrected chi connectivity index (χ4v) is 2.58. The van der Waals surface area contributed by atoms with Crippen LogP contribution in [0.2, 0.25) is 0 Å². The second-order valence-electron chi connectivity index (χ2n) is 5.89. The summed E-state index contributed by atoms with van der Waals surface area (Å²) in [7, 11) is 0. The van der Waals surface area contributed by atoms with Crippen molar-refractivity contribution in [3.63, 3.8) is 0 Å². The molecule has 0 spiro atoms. The lowest BCUT2D eigenvalue weighted by molar-refractivity contribution is -0.137. The van der Waals surface area contributed by atoms with Crippen molar-refractivity contribution in [1.82, 2.24) is 4.90 Å². The summed E-state index contributed by atoms with van der Waals surface area (Å²) in [5.74, 6) is -1.56. The molecule has 0 heterocycles. The molecule has 0 bridgehead atoms. The molecule has 0 saturated heterocycles. The molecule has 2 aromatic rings. The normalized spacial score (nSPS) is 10.2. The topological polar surface area (TPSA) is 77.9 Å². The van der Waals surface area contributed by atoms with Crippen LogP contribution in [0.1, 0.15) is 18.9 Å². The zero-order chi connectivity index (χ0) is 18.9. The molecular weight excluding hydrogens is 332 g/mol. The van der Waals surface area contributed by atoms with E-state index in [2.05, 4.69) is 0 Å². The van der Waals surface area contributed by atoms with Crippen LogP contribution in [0.3, 0.4) is 0 Å². The summed E-state index contributed by atoms with van der Waals surface area (Å²) in [4.78, 5) is 38.4. The van der Waals surface area contributed by atoms with Gasteiger partial charge < -0.3 is 14.9 Å². The lowest BCUT2D eigenvalue weighted by atomic mass is 10.2. The van der Waals surface area contributed by atoms with Crippen LogP contribution in [0.4, 0.5) is 5.69 Å². The average molecular weight is 354 g/mol. The highest BCUT2D eigenvalue weighted by Crippen LogP contribution is 2.15. The largest absolute Gasteiger partial charge is 0.480 e. The maximum atomic E-state index is 12.6. The molecule has 0 atom stereocenters. The number of carbonyl (C=O) groups is 3. The number of hydrogen-bond acceptors (Lipinski definition) is 3. The fourth-order valence-electron chi connectivity index (χ4n) is 2.58. The molecular formula is C20H22N2O4. The Labute approximate surface area is 152 Å². The number of carboxylic acid groups (broad SMARTS) is 1. The summed E-state index contributed by atoms with van der Waals surface area (Å²) in [5.41, 5.74) is 1.50. The zero-order valence-corrected chi connectivity index (χ0v) is 14.7. The molecule has 6 heteroatoms. The third-order valence-corrected chi connectivity index (χ3v) is 3.92. The molecule has 136 valence electrons. The van der Waals surface area contributed by atoms with Gasteiger partial charge in [0.2, 0.25) is 11.8 Å². The molecule has 0 saturated carbocycles. The molecule has 0 unspecified atom stereocenters. The standard InChI is InChI=1S/C20H22N2O4/c1-16(23)21(14-17-8-4-2-5-9-17)13-12-19(24)22(15-20(25)26)18-10-6-3-7-11-18/h2-11H,12-15H2,1H3,(H,25,26). The molecule has 0 aliphatic carbocycles. The van der Waals surface area contributed by atoms with Gasteiger partial charge in [-0.1, -0.05) is 48.5 Å². The quantitative estimate of drug-likeness (QED) is 0.790. The lowest BCUT2D eigenvalue weighted by Gasteiger charge is -2.24. The van der Waals surface area contributed by atoms with E-state index in [0.29, 0.717) is 12.2 Å². The molecule has 0 fully saturated rings. The molecule has 26 heavy (non-hydrogen) atoms. The lowest BCUT2D eigenvalue weighted by Crippen LogP contribution is -2.38. The average Bonchev–Trinajstić information content (AvgIpc) is 2.64. The minimum Gasteiger partial charge on any atom is -0.480 e. The summed E-state index contributed by atoms with van der Waals surface area (Å²) >= 11 is 0. The monoisotopic (exact) mass is 354 g/mol. The van der Waals surface area contributed by atoms with Gasteiger partial charge in [0.15, 0.2) is 0 Å². The smallest absolute Gasteiger partial charge is 0.323 e. The zero-order valence-electron chi connectivity index (χ0n) is 14.7. The highest BCUT2D eigenvalue weighted by molar-refractivity contribution is 5.97. The Kier molecular flexibility index (Phi) is 6.91. The number of para-hydroxylation sites is 1. The first-order chi connectivity index (χ1) is 12.5. The molecule has 1 N–H and O–H groups in total. The second-order valence-corrected chi connectivity index (χ2v) is 5.89. The van der Waals surface area contributed by atoms with Crippen LogP contribution in [-0.4, -0.2) is 40.9 Å². The van der Waals surface area contributed by atoms with Gasteiger partial charge in [-0.25, -0.2) is 0 Å². The number of rotatable bonds is 8. The van der Waals surface area contributed by atoms with E-state index in [1.54, 1.807) is 35.2 Å². The van der Waals surface area contributed by atoms with Crippen molar-refractivity contribution in [3.8, 4) is 0 Å². The molecule has 0 aliphatic heterocycles. The highest BCUT2D eigenvalue weighted by atomic mass is 16.4. The van der Waals surface area contributed by atoms with Gasteiger partial charge in [0.1, 0.15) is 6.54 Å². The summed E-state index contributed by atoms with van der Waals surface area (Å²) in [5, 5.41) is 9.10. The Balaban J connectivity index is 2.04.